The first-order chi connectivity index (χ1) is 10.2. The zero-order valence-electron chi connectivity index (χ0n) is 12.0. The first kappa shape index (κ1) is 14.4. The molecule has 1 amide bonds. The highest BCUT2D eigenvalue weighted by molar-refractivity contribution is 9.10. The predicted molar refractivity (Wildman–Crippen MR) is 86.2 cm³/mol. The SMILES string of the molecule is C[C@@H]1CCCCN1C(=O)c1ccc(-c2ccccc2Br)o1. The van der Waals surface area contributed by atoms with Crippen LogP contribution in [0.5, 0.6) is 0 Å². The highest BCUT2D eigenvalue weighted by Crippen LogP contribution is 2.30. The number of hydrogen-bond acceptors (Lipinski definition) is 2. The average molecular weight is 348 g/mol. The van der Waals surface area contributed by atoms with Crippen LogP contribution in [-0.2, 0) is 0 Å². The molecule has 110 valence electrons. The number of rotatable bonds is 2. The Morgan fingerprint density at radius 3 is 2.81 bits per heavy atom. The fraction of sp³-hybridized carbons (Fsp3) is 0.353. The highest BCUT2D eigenvalue weighted by atomic mass is 79.9. The lowest BCUT2D eigenvalue weighted by molar-refractivity contribution is 0.0604. The Hall–Kier alpha value is -1.55. The third-order valence-electron chi connectivity index (χ3n) is 4.02. The van der Waals surface area contributed by atoms with Crippen LogP contribution in [0.3, 0.4) is 0 Å². The number of piperidine rings is 1. The van der Waals surface area contributed by atoms with Gasteiger partial charge >= 0.3 is 0 Å². The molecule has 1 aromatic heterocycles. The summed E-state index contributed by atoms with van der Waals surface area (Å²) in [6.45, 7) is 2.93. The third kappa shape index (κ3) is 2.91. The molecule has 1 aromatic carbocycles. The number of nitrogens with zero attached hydrogens (tertiary/aromatic N) is 1. The maximum absolute atomic E-state index is 12.6. The Labute approximate surface area is 133 Å². The number of likely N-dealkylation sites (tertiary alicyclic amines) is 1. The fourth-order valence-corrected chi connectivity index (χ4v) is 3.28. The molecule has 21 heavy (non-hydrogen) atoms. The summed E-state index contributed by atoms with van der Waals surface area (Å²) in [7, 11) is 0. The Balaban J connectivity index is 1.85. The number of carbonyl (C=O) groups excluding carboxylic acids is 1. The second-order valence-corrected chi connectivity index (χ2v) is 6.34. The molecule has 1 saturated heterocycles. The quantitative estimate of drug-likeness (QED) is 0.787. The lowest BCUT2D eigenvalue weighted by Crippen LogP contribution is -2.41. The fourth-order valence-electron chi connectivity index (χ4n) is 2.80. The Kier molecular flexibility index (Phi) is 4.15. The second kappa shape index (κ2) is 6.06. The van der Waals surface area contributed by atoms with Crippen molar-refractivity contribution in [1.82, 2.24) is 4.90 Å². The van der Waals surface area contributed by atoms with Crippen molar-refractivity contribution < 1.29 is 9.21 Å². The third-order valence-corrected chi connectivity index (χ3v) is 4.71. The molecule has 0 N–H and O–H groups in total. The smallest absolute Gasteiger partial charge is 0.289 e. The largest absolute Gasteiger partial charge is 0.451 e. The van der Waals surface area contributed by atoms with Crippen molar-refractivity contribution in [3.8, 4) is 11.3 Å². The summed E-state index contributed by atoms with van der Waals surface area (Å²) in [5.41, 5.74) is 0.961. The van der Waals surface area contributed by atoms with E-state index >= 15 is 0 Å². The zero-order chi connectivity index (χ0) is 14.8. The monoisotopic (exact) mass is 347 g/mol. The molecule has 0 radical (unpaired) electrons. The second-order valence-electron chi connectivity index (χ2n) is 5.49. The number of amides is 1. The van der Waals surface area contributed by atoms with Gasteiger partial charge in [-0.15, -0.1) is 0 Å². The lowest BCUT2D eigenvalue weighted by Gasteiger charge is -2.32. The van der Waals surface area contributed by atoms with E-state index in [0.29, 0.717) is 11.8 Å². The van der Waals surface area contributed by atoms with Crippen molar-refractivity contribution in [1.29, 1.82) is 0 Å². The first-order valence-electron chi connectivity index (χ1n) is 7.32. The van der Waals surface area contributed by atoms with Gasteiger partial charge in [-0.05, 0) is 44.4 Å². The molecule has 1 fully saturated rings. The Morgan fingerprint density at radius 1 is 1.24 bits per heavy atom. The molecule has 2 aromatic rings. The van der Waals surface area contributed by atoms with Crippen LogP contribution >= 0.6 is 15.9 Å². The number of carbonyl (C=O) groups is 1. The molecule has 0 bridgehead atoms. The van der Waals surface area contributed by atoms with Crippen molar-refractivity contribution in [2.75, 3.05) is 6.54 Å². The summed E-state index contributed by atoms with van der Waals surface area (Å²) in [4.78, 5) is 14.5. The molecular weight excluding hydrogens is 330 g/mol. The van der Waals surface area contributed by atoms with Crippen LogP contribution in [0.2, 0.25) is 0 Å². The summed E-state index contributed by atoms with van der Waals surface area (Å²) in [6.07, 6.45) is 3.35. The van der Waals surface area contributed by atoms with E-state index in [0.717, 1.165) is 35.2 Å². The van der Waals surface area contributed by atoms with Gasteiger partial charge in [-0.2, -0.15) is 0 Å². The standard InChI is InChI=1S/C17H18BrNO2/c1-12-6-4-5-11-19(12)17(20)16-10-9-15(21-16)13-7-2-3-8-14(13)18/h2-3,7-10,12H,4-6,11H2,1H3/t12-/m1/s1. The van der Waals surface area contributed by atoms with Gasteiger partial charge in [0.2, 0.25) is 0 Å². The van der Waals surface area contributed by atoms with Crippen LogP contribution in [0.1, 0.15) is 36.7 Å². The van der Waals surface area contributed by atoms with Gasteiger partial charge in [0, 0.05) is 22.6 Å². The van der Waals surface area contributed by atoms with E-state index in [4.69, 9.17) is 4.42 Å². The minimum absolute atomic E-state index is 0.000466. The Morgan fingerprint density at radius 2 is 2.05 bits per heavy atom. The van der Waals surface area contributed by atoms with E-state index in [1.54, 1.807) is 6.07 Å². The minimum Gasteiger partial charge on any atom is -0.451 e. The van der Waals surface area contributed by atoms with E-state index in [2.05, 4.69) is 22.9 Å². The van der Waals surface area contributed by atoms with Crippen molar-refractivity contribution in [2.24, 2.45) is 0 Å². The summed E-state index contributed by atoms with van der Waals surface area (Å²) in [6, 6.07) is 11.8. The van der Waals surface area contributed by atoms with E-state index in [9.17, 15) is 4.79 Å². The summed E-state index contributed by atoms with van der Waals surface area (Å²) < 4.78 is 6.76. The number of benzene rings is 1. The molecule has 1 aliphatic heterocycles. The van der Waals surface area contributed by atoms with E-state index in [1.807, 2.05) is 35.2 Å². The van der Waals surface area contributed by atoms with Crippen LogP contribution in [0, 0.1) is 0 Å². The van der Waals surface area contributed by atoms with Crippen LogP contribution in [0.15, 0.2) is 45.3 Å². The average Bonchev–Trinajstić information content (AvgIpc) is 2.97. The molecule has 3 nitrogen and oxygen atoms in total. The van der Waals surface area contributed by atoms with Crippen molar-refractivity contribution in [3.05, 3.63) is 46.6 Å². The molecule has 3 rings (SSSR count). The van der Waals surface area contributed by atoms with Crippen LogP contribution in [0.25, 0.3) is 11.3 Å². The molecule has 2 heterocycles. The molecular formula is C17H18BrNO2. The van der Waals surface area contributed by atoms with E-state index < -0.39 is 0 Å². The molecule has 0 spiro atoms. The van der Waals surface area contributed by atoms with Crippen molar-refractivity contribution >= 4 is 21.8 Å². The van der Waals surface area contributed by atoms with Crippen LogP contribution in [0.4, 0.5) is 0 Å². The zero-order valence-corrected chi connectivity index (χ0v) is 13.6. The van der Waals surface area contributed by atoms with E-state index in [-0.39, 0.29) is 5.91 Å². The van der Waals surface area contributed by atoms with Gasteiger partial charge in [0.15, 0.2) is 5.76 Å². The van der Waals surface area contributed by atoms with Gasteiger partial charge < -0.3 is 9.32 Å². The normalized spacial score (nSPS) is 18.8. The summed E-state index contributed by atoms with van der Waals surface area (Å²) in [5.74, 6) is 1.14. The highest BCUT2D eigenvalue weighted by Gasteiger charge is 2.26. The summed E-state index contributed by atoms with van der Waals surface area (Å²) >= 11 is 3.51. The predicted octanol–water partition coefficient (Wildman–Crippen LogP) is 4.72. The van der Waals surface area contributed by atoms with Gasteiger partial charge in [-0.1, -0.05) is 34.1 Å². The van der Waals surface area contributed by atoms with Gasteiger partial charge in [-0.3, -0.25) is 4.79 Å². The lowest BCUT2D eigenvalue weighted by atomic mass is 10.0. The molecule has 4 heteroatoms. The number of hydrogen-bond donors (Lipinski definition) is 0. The van der Waals surface area contributed by atoms with Gasteiger partial charge in [0.25, 0.3) is 5.91 Å². The van der Waals surface area contributed by atoms with E-state index in [1.165, 1.54) is 6.42 Å². The van der Waals surface area contributed by atoms with Gasteiger partial charge in [-0.25, -0.2) is 0 Å². The number of halogens is 1. The maximum atomic E-state index is 12.6. The minimum atomic E-state index is 0.000466. The topological polar surface area (TPSA) is 33.5 Å². The molecule has 0 aliphatic carbocycles. The van der Waals surface area contributed by atoms with Crippen molar-refractivity contribution in [2.45, 2.75) is 32.2 Å². The molecule has 1 aliphatic rings. The summed E-state index contributed by atoms with van der Waals surface area (Å²) in [5, 5.41) is 0. The van der Waals surface area contributed by atoms with Crippen LogP contribution in [-0.4, -0.2) is 23.4 Å². The Bertz CT molecular complexity index is 650. The number of furan rings is 1. The van der Waals surface area contributed by atoms with Crippen LogP contribution < -0.4 is 0 Å². The van der Waals surface area contributed by atoms with Gasteiger partial charge in [0.05, 0.1) is 0 Å². The van der Waals surface area contributed by atoms with Gasteiger partial charge in [0.1, 0.15) is 5.76 Å². The maximum Gasteiger partial charge on any atom is 0.289 e. The molecule has 1 atom stereocenters. The molecule has 0 unspecified atom stereocenters. The first-order valence-corrected chi connectivity index (χ1v) is 8.12. The van der Waals surface area contributed by atoms with Crippen molar-refractivity contribution in [3.63, 3.8) is 0 Å². The molecule has 0 saturated carbocycles.